The number of hydrogen-bond donors (Lipinski definition) is 0. The van der Waals surface area contributed by atoms with Gasteiger partial charge in [0.05, 0.1) is 0 Å². The zero-order chi connectivity index (χ0) is 4.12. The van der Waals surface area contributed by atoms with Crippen LogP contribution in [-0.2, 0) is 0 Å². The van der Waals surface area contributed by atoms with E-state index in [1.165, 1.54) is 6.42 Å². The van der Waals surface area contributed by atoms with Crippen molar-refractivity contribution in [3.63, 3.8) is 0 Å². The molecule has 0 radical (unpaired) electrons. The van der Waals surface area contributed by atoms with Crippen molar-refractivity contribution in [3.8, 4) is 0 Å². The van der Waals surface area contributed by atoms with Crippen molar-refractivity contribution in [3.05, 3.63) is 0 Å². The summed E-state index contributed by atoms with van der Waals surface area (Å²) in [5, 5.41) is 0. The summed E-state index contributed by atoms with van der Waals surface area (Å²) in [7, 11) is 0. The van der Waals surface area contributed by atoms with E-state index in [1.54, 1.807) is 4.44 Å². The minimum Gasteiger partial charge on any atom is -1.00 e. The van der Waals surface area contributed by atoms with Crippen LogP contribution >= 0.6 is 0 Å². The molecular formula is C4H10Cl2Sn. The number of hydrogen-bond acceptors (Lipinski definition) is 0. The van der Waals surface area contributed by atoms with Gasteiger partial charge in [-0.3, -0.25) is 0 Å². The minimum absolute atomic E-state index is 0. The van der Waals surface area contributed by atoms with Crippen LogP contribution in [0.5, 0.6) is 0 Å². The van der Waals surface area contributed by atoms with E-state index >= 15 is 0 Å². The normalized spacial score (nSPS) is 4.86. The Balaban J connectivity index is -0.0000000800. The molecule has 0 unspecified atom stereocenters. The van der Waals surface area contributed by atoms with Gasteiger partial charge in [0, 0.05) is 0 Å². The molecule has 0 aromatic heterocycles. The Morgan fingerprint density at radius 3 is 1.71 bits per heavy atom. The van der Waals surface area contributed by atoms with Crippen LogP contribution in [-0.4, -0.2) is 21.1 Å². The van der Waals surface area contributed by atoms with Crippen LogP contribution in [0, 0.1) is 0 Å². The molecule has 0 aliphatic heterocycles. The Bertz CT molecular complexity index is 17.2. The summed E-state index contributed by atoms with van der Waals surface area (Å²) in [6.07, 6.45) is 1.42. The summed E-state index contributed by atoms with van der Waals surface area (Å²) < 4.78 is 1.56. The average Bonchev–Trinajstić information content (AvgIpc) is 1.41. The van der Waals surface area contributed by atoms with Gasteiger partial charge in [0.1, 0.15) is 0 Å². The van der Waals surface area contributed by atoms with E-state index in [9.17, 15) is 0 Å². The Morgan fingerprint density at radius 1 is 1.29 bits per heavy atom. The van der Waals surface area contributed by atoms with Gasteiger partial charge >= 0.3 is 43.9 Å². The smallest absolute Gasteiger partial charge is 1.00 e. The van der Waals surface area contributed by atoms with Gasteiger partial charge in [0.15, 0.2) is 0 Å². The zero-order valence-electron chi connectivity index (χ0n) is 4.67. The molecule has 0 amide bonds. The van der Waals surface area contributed by atoms with Gasteiger partial charge in [-0.1, -0.05) is 0 Å². The second-order valence-corrected chi connectivity index (χ2v) is 4.55. The maximum atomic E-state index is 2.38. The fraction of sp³-hybridized carbons (Fsp3) is 1.00. The van der Waals surface area contributed by atoms with Gasteiger partial charge in [0.2, 0.25) is 0 Å². The SMILES string of the molecule is CC[CH2][Sn+2][CH3].[Cl-].[Cl-]. The summed E-state index contributed by atoms with van der Waals surface area (Å²) in [4.78, 5) is 2.38. The second kappa shape index (κ2) is 15.7. The molecule has 7 heavy (non-hydrogen) atoms. The molecule has 0 heterocycles. The number of rotatable bonds is 2. The van der Waals surface area contributed by atoms with Gasteiger partial charge in [-0.25, -0.2) is 0 Å². The van der Waals surface area contributed by atoms with E-state index in [0.717, 1.165) is 0 Å². The van der Waals surface area contributed by atoms with E-state index in [2.05, 4.69) is 11.9 Å². The molecular weight excluding hydrogens is 238 g/mol. The quantitative estimate of drug-likeness (QED) is 0.432. The molecule has 0 aliphatic carbocycles. The summed E-state index contributed by atoms with van der Waals surface area (Å²) in [5.41, 5.74) is 0. The first-order valence-corrected chi connectivity index (χ1v) is 6.93. The van der Waals surface area contributed by atoms with Crippen LogP contribution in [0.15, 0.2) is 0 Å². The third kappa shape index (κ3) is 18.7. The molecule has 0 aromatic carbocycles. The fourth-order valence-corrected chi connectivity index (χ4v) is 1.68. The van der Waals surface area contributed by atoms with Crippen LogP contribution in [0.1, 0.15) is 13.3 Å². The molecule has 0 aliphatic rings. The molecule has 0 N–H and O–H groups in total. The van der Waals surface area contributed by atoms with Crippen LogP contribution in [0.3, 0.4) is 0 Å². The van der Waals surface area contributed by atoms with Crippen LogP contribution in [0.4, 0.5) is 0 Å². The summed E-state index contributed by atoms with van der Waals surface area (Å²) in [6, 6.07) is 0. The van der Waals surface area contributed by atoms with Crippen LogP contribution in [0.25, 0.3) is 0 Å². The Morgan fingerprint density at radius 2 is 1.71 bits per heavy atom. The van der Waals surface area contributed by atoms with E-state index < -0.39 is 0 Å². The maximum Gasteiger partial charge on any atom is -1.00 e. The first-order valence-electron chi connectivity index (χ1n) is 2.06. The van der Waals surface area contributed by atoms with E-state index in [1.807, 2.05) is 0 Å². The Labute approximate surface area is 68.5 Å². The first-order chi connectivity index (χ1) is 2.41. The fourth-order valence-electron chi connectivity index (χ4n) is 0.250. The second-order valence-electron chi connectivity index (χ2n) is 1.10. The summed E-state index contributed by atoms with van der Waals surface area (Å²) in [5.74, 6) is 0. The van der Waals surface area contributed by atoms with Gasteiger partial charge < -0.3 is 24.8 Å². The largest absolute Gasteiger partial charge is 1.00 e. The van der Waals surface area contributed by atoms with Crippen molar-refractivity contribution in [1.82, 2.24) is 0 Å². The van der Waals surface area contributed by atoms with Crippen molar-refractivity contribution in [2.24, 2.45) is 0 Å². The Hall–Kier alpha value is 1.38. The Kier molecular flexibility index (Phi) is 35.3. The predicted molar refractivity (Wildman–Crippen MR) is 26.7 cm³/mol. The van der Waals surface area contributed by atoms with Gasteiger partial charge in [-0.2, -0.15) is 0 Å². The topological polar surface area (TPSA) is 0 Å². The molecule has 0 nitrogen and oxygen atoms in total. The molecule has 0 saturated heterocycles. The van der Waals surface area contributed by atoms with Crippen molar-refractivity contribution in [1.29, 1.82) is 0 Å². The molecule has 44 valence electrons. The van der Waals surface area contributed by atoms with Crippen molar-refractivity contribution in [2.45, 2.75) is 22.7 Å². The van der Waals surface area contributed by atoms with Crippen molar-refractivity contribution in [2.75, 3.05) is 0 Å². The van der Waals surface area contributed by atoms with Gasteiger partial charge in [0.25, 0.3) is 0 Å². The molecule has 0 aromatic rings. The van der Waals surface area contributed by atoms with Crippen molar-refractivity contribution < 1.29 is 24.8 Å². The molecule has 0 rings (SSSR count). The molecule has 0 spiro atoms. The van der Waals surface area contributed by atoms with Gasteiger partial charge in [-0.05, 0) is 0 Å². The van der Waals surface area contributed by atoms with Crippen molar-refractivity contribution >= 4 is 21.1 Å². The first kappa shape index (κ1) is 15.8. The third-order valence-corrected chi connectivity index (χ3v) is 3.35. The third-order valence-electron chi connectivity index (χ3n) is 0.500. The molecule has 0 atom stereocenters. The van der Waals surface area contributed by atoms with Crippen LogP contribution in [0.2, 0.25) is 9.38 Å². The predicted octanol–water partition coefficient (Wildman–Crippen LogP) is -4.42. The monoisotopic (exact) mass is 248 g/mol. The average molecular weight is 248 g/mol. The standard InChI is InChI=1S/C3H7.CH3.2ClH.Sn/c1-3-2;;;;/h1,3H2,2H3;1H3;2*1H;/q;;;;+2/p-2. The minimum atomic E-state index is 0. The molecule has 0 fully saturated rings. The maximum absolute atomic E-state index is 2.38. The van der Waals surface area contributed by atoms with Crippen LogP contribution < -0.4 is 24.8 Å². The summed E-state index contributed by atoms with van der Waals surface area (Å²) in [6.45, 7) is 2.25. The number of halogens is 2. The van der Waals surface area contributed by atoms with E-state index in [-0.39, 0.29) is 46.0 Å². The molecule has 3 heteroatoms. The van der Waals surface area contributed by atoms with E-state index in [0.29, 0.717) is 0 Å². The zero-order valence-corrected chi connectivity index (χ0v) is 9.04. The van der Waals surface area contributed by atoms with Gasteiger partial charge in [-0.15, -0.1) is 0 Å². The molecule has 0 bridgehead atoms. The molecule has 0 saturated carbocycles. The summed E-state index contributed by atoms with van der Waals surface area (Å²) >= 11 is 0.206. The van der Waals surface area contributed by atoms with E-state index in [4.69, 9.17) is 0 Å².